The molecule has 6 heteroatoms. The molecule has 0 spiro atoms. The fourth-order valence-corrected chi connectivity index (χ4v) is 2.75. The Labute approximate surface area is 147 Å². The number of aryl methyl sites for hydroxylation is 1. The minimum atomic E-state index is -0.667. The molecule has 0 amide bonds. The van der Waals surface area contributed by atoms with Crippen LogP contribution in [0.1, 0.15) is 33.2 Å². The van der Waals surface area contributed by atoms with Crippen molar-refractivity contribution in [3.8, 4) is 5.75 Å². The Balaban J connectivity index is 2.13. The second-order valence-electron chi connectivity index (χ2n) is 5.52. The molecular weight excluding hydrogens is 344 g/mol. The predicted molar refractivity (Wildman–Crippen MR) is 93.6 cm³/mol. The summed E-state index contributed by atoms with van der Waals surface area (Å²) in [5.41, 5.74) is 0.489. The lowest BCUT2D eigenvalue weighted by Crippen LogP contribution is -2.12. The quantitative estimate of drug-likeness (QED) is 0.304. The van der Waals surface area contributed by atoms with Crippen LogP contribution >= 0.6 is 11.6 Å². The SMILES string of the molecule is CC(=O)c1c(OC(=O)c2cccc(Cl)c2)ccc2c(C)cc(=O)oc12. The summed E-state index contributed by atoms with van der Waals surface area (Å²) in [6.07, 6.45) is 0. The van der Waals surface area contributed by atoms with E-state index in [4.69, 9.17) is 20.8 Å². The summed E-state index contributed by atoms with van der Waals surface area (Å²) in [7, 11) is 0. The number of esters is 1. The molecule has 0 N–H and O–H groups in total. The van der Waals surface area contributed by atoms with E-state index in [0.29, 0.717) is 16.0 Å². The average Bonchev–Trinajstić information content (AvgIpc) is 2.53. The molecule has 5 nitrogen and oxygen atoms in total. The topological polar surface area (TPSA) is 73.6 Å². The second-order valence-corrected chi connectivity index (χ2v) is 5.96. The number of benzene rings is 2. The van der Waals surface area contributed by atoms with Crippen LogP contribution in [0.25, 0.3) is 11.0 Å². The Morgan fingerprint density at radius 1 is 1.12 bits per heavy atom. The van der Waals surface area contributed by atoms with Gasteiger partial charge in [0.25, 0.3) is 0 Å². The Bertz CT molecular complexity index is 1070. The van der Waals surface area contributed by atoms with Gasteiger partial charge in [-0.05, 0) is 49.7 Å². The molecule has 0 aliphatic rings. The molecule has 0 fully saturated rings. The van der Waals surface area contributed by atoms with Crippen LogP contribution in [-0.4, -0.2) is 11.8 Å². The van der Waals surface area contributed by atoms with E-state index in [1.807, 2.05) is 0 Å². The zero-order valence-corrected chi connectivity index (χ0v) is 14.2. The summed E-state index contributed by atoms with van der Waals surface area (Å²) in [5.74, 6) is -1.02. The largest absolute Gasteiger partial charge is 0.422 e. The van der Waals surface area contributed by atoms with E-state index >= 15 is 0 Å². The summed E-state index contributed by atoms with van der Waals surface area (Å²) in [5, 5.41) is 0.994. The number of hydrogen-bond donors (Lipinski definition) is 0. The maximum Gasteiger partial charge on any atom is 0.343 e. The van der Waals surface area contributed by atoms with Crippen molar-refractivity contribution in [2.45, 2.75) is 13.8 Å². The molecular formula is C19H13ClO5. The van der Waals surface area contributed by atoms with Gasteiger partial charge < -0.3 is 9.15 Å². The molecule has 1 heterocycles. The standard InChI is InChI=1S/C19H13ClO5/c1-10-8-16(22)25-18-14(10)6-7-15(17(18)11(2)21)24-19(23)12-4-3-5-13(20)9-12/h3-9H,1-2H3. The molecule has 25 heavy (non-hydrogen) atoms. The Morgan fingerprint density at radius 2 is 1.88 bits per heavy atom. The maximum absolute atomic E-state index is 12.3. The Hall–Kier alpha value is -2.92. The van der Waals surface area contributed by atoms with Gasteiger partial charge in [0.2, 0.25) is 0 Å². The second kappa shape index (κ2) is 6.53. The van der Waals surface area contributed by atoms with E-state index < -0.39 is 11.6 Å². The lowest BCUT2D eigenvalue weighted by Gasteiger charge is -2.11. The minimum absolute atomic E-state index is 0.0266. The van der Waals surface area contributed by atoms with Crippen LogP contribution in [0.5, 0.6) is 5.75 Å². The van der Waals surface area contributed by atoms with E-state index in [-0.39, 0.29) is 28.2 Å². The van der Waals surface area contributed by atoms with Crippen LogP contribution < -0.4 is 10.4 Å². The first kappa shape index (κ1) is 16.9. The van der Waals surface area contributed by atoms with Gasteiger partial charge in [-0.3, -0.25) is 4.79 Å². The number of halogens is 1. The first-order valence-electron chi connectivity index (χ1n) is 7.43. The molecule has 2 aromatic carbocycles. The molecule has 0 saturated carbocycles. The van der Waals surface area contributed by atoms with Crippen LogP contribution in [0.2, 0.25) is 5.02 Å². The van der Waals surface area contributed by atoms with Crippen LogP contribution in [0, 0.1) is 6.92 Å². The first-order valence-corrected chi connectivity index (χ1v) is 7.81. The van der Waals surface area contributed by atoms with Gasteiger partial charge in [-0.25, -0.2) is 9.59 Å². The van der Waals surface area contributed by atoms with Gasteiger partial charge in [-0.2, -0.15) is 0 Å². The van der Waals surface area contributed by atoms with E-state index in [1.54, 1.807) is 31.2 Å². The Morgan fingerprint density at radius 3 is 2.56 bits per heavy atom. The van der Waals surface area contributed by atoms with Crippen LogP contribution in [0.4, 0.5) is 0 Å². The molecule has 0 aliphatic heterocycles. The maximum atomic E-state index is 12.3. The number of carbonyl (C=O) groups excluding carboxylic acids is 2. The van der Waals surface area contributed by atoms with Crippen molar-refractivity contribution in [3.05, 3.63) is 74.6 Å². The number of ketones is 1. The number of Topliss-reactive ketones (excluding diaryl/α,β-unsaturated/α-hetero) is 1. The first-order chi connectivity index (χ1) is 11.9. The van der Waals surface area contributed by atoms with Gasteiger partial charge in [0.05, 0.1) is 5.56 Å². The van der Waals surface area contributed by atoms with E-state index in [0.717, 1.165) is 0 Å². The number of hydrogen-bond acceptors (Lipinski definition) is 5. The van der Waals surface area contributed by atoms with Gasteiger partial charge in [0.1, 0.15) is 11.3 Å². The van der Waals surface area contributed by atoms with Crippen molar-refractivity contribution in [3.63, 3.8) is 0 Å². The van der Waals surface area contributed by atoms with Crippen molar-refractivity contribution >= 4 is 34.3 Å². The lowest BCUT2D eigenvalue weighted by molar-refractivity contribution is 0.0733. The van der Waals surface area contributed by atoms with Crippen molar-refractivity contribution < 1.29 is 18.7 Å². The van der Waals surface area contributed by atoms with Gasteiger partial charge in [-0.1, -0.05) is 17.7 Å². The van der Waals surface area contributed by atoms with Crippen molar-refractivity contribution in [1.82, 2.24) is 0 Å². The predicted octanol–water partition coefficient (Wildman–Crippen LogP) is 4.18. The molecule has 0 radical (unpaired) electrons. The smallest absolute Gasteiger partial charge is 0.343 e. The van der Waals surface area contributed by atoms with Gasteiger partial charge in [-0.15, -0.1) is 0 Å². The molecule has 0 atom stereocenters. The zero-order valence-electron chi connectivity index (χ0n) is 13.5. The molecule has 0 bridgehead atoms. The van der Waals surface area contributed by atoms with Crippen LogP contribution in [0.3, 0.4) is 0 Å². The summed E-state index contributed by atoms with van der Waals surface area (Å²) < 4.78 is 10.5. The zero-order chi connectivity index (χ0) is 18.1. The summed E-state index contributed by atoms with van der Waals surface area (Å²) in [6.45, 7) is 3.05. The lowest BCUT2D eigenvalue weighted by atomic mass is 10.0. The third-order valence-electron chi connectivity index (χ3n) is 3.70. The van der Waals surface area contributed by atoms with Crippen molar-refractivity contribution in [2.75, 3.05) is 0 Å². The van der Waals surface area contributed by atoms with E-state index in [2.05, 4.69) is 0 Å². The van der Waals surface area contributed by atoms with Gasteiger partial charge in [0.15, 0.2) is 11.4 Å². The molecule has 3 rings (SSSR count). The van der Waals surface area contributed by atoms with Crippen LogP contribution in [0.15, 0.2) is 51.7 Å². The third-order valence-corrected chi connectivity index (χ3v) is 3.93. The monoisotopic (exact) mass is 356 g/mol. The molecule has 0 unspecified atom stereocenters. The highest BCUT2D eigenvalue weighted by atomic mass is 35.5. The van der Waals surface area contributed by atoms with E-state index in [9.17, 15) is 14.4 Å². The van der Waals surface area contributed by atoms with Crippen molar-refractivity contribution in [1.29, 1.82) is 0 Å². The van der Waals surface area contributed by atoms with Gasteiger partial charge in [0, 0.05) is 16.5 Å². The minimum Gasteiger partial charge on any atom is -0.422 e. The number of carbonyl (C=O) groups is 2. The molecule has 0 aliphatic carbocycles. The molecule has 1 aromatic heterocycles. The van der Waals surface area contributed by atoms with E-state index in [1.165, 1.54) is 25.1 Å². The summed E-state index contributed by atoms with van der Waals surface area (Å²) in [4.78, 5) is 36.1. The van der Waals surface area contributed by atoms with Gasteiger partial charge >= 0.3 is 11.6 Å². The number of ether oxygens (including phenoxy) is 1. The third kappa shape index (κ3) is 3.32. The average molecular weight is 357 g/mol. The molecule has 126 valence electrons. The van der Waals surface area contributed by atoms with Crippen molar-refractivity contribution in [2.24, 2.45) is 0 Å². The fraction of sp³-hybridized carbons (Fsp3) is 0.105. The highest BCUT2D eigenvalue weighted by Gasteiger charge is 2.20. The normalized spacial score (nSPS) is 10.7. The highest BCUT2D eigenvalue weighted by molar-refractivity contribution is 6.30. The molecule has 3 aromatic rings. The number of rotatable bonds is 3. The number of fused-ring (bicyclic) bond motifs is 1. The molecule has 0 saturated heterocycles. The van der Waals surface area contributed by atoms with Crippen LogP contribution in [-0.2, 0) is 0 Å². The fourth-order valence-electron chi connectivity index (χ4n) is 2.56. The summed E-state index contributed by atoms with van der Waals surface area (Å²) >= 11 is 5.87. The summed E-state index contributed by atoms with van der Waals surface area (Å²) in [6, 6.07) is 10.7. The highest BCUT2D eigenvalue weighted by Crippen LogP contribution is 2.30. The Kier molecular flexibility index (Phi) is 4.42.